The summed E-state index contributed by atoms with van der Waals surface area (Å²) in [6.07, 6.45) is 7.04. The van der Waals surface area contributed by atoms with E-state index in [1.165, 1.54) is 0 Å². The summed E-state index contributed by atoms with van der Waals surface area (Å²) in [6.45, 7) is 0. The molecule has 2 rings (SSSR count). The Balaban J connectivity index is 2.87. The van der Waals surface area contributed by atoms with E-state index < -0.39 is 0 Å². The predicted octanol–water partition coefficient (Wildman–Crippen LogP) is 2.87. The first kappa shape index (κ1) is 8.10. The molecule has 0 unspecified atom stereocenters. The summed E-state index contributed by atoms with van der Waals surface area (Å²) in [5.74, 6) is 2.61. The van der Waals surface area contributed by atoms with Crippen LogP contribution in [0.15, 0.2) is 30.5 Å². The number of pyridine rings is 1. The molecular formula is C11H6ClN. The fraction of sp³-hybridized carbons (Fsp3) is 0. The molecule has 2 aromatic rings. The molecule has 0 saturated heterocycles. The summed E-state index contributed by atoms with van der Waals surface area (Å²) in [7, 11) is 0. The Kier molecular flexibility index (Phi) is 1.92. The lowest BCUT2D eigenvalue weighted by molar-refractivity contribution is 1.36. The van der Waals surface area contributed by atoms with E-state index in [1.807, 2.05) is 18.2 Å². The van der Waals surface area contributed by atoms with Gasteiger partial charge in [0.15, 0.2) is 0 Å². The molecule has 1 aromatic heterocycles. The molecule has 0 radical (unpaired) electrons. The summed E-state index contributed by atoms with van der Waals surface area (Å²) in [4.78, 5) is 3.99. The number of nitrogens with zero attached hydrogens (tertiary/aromatic N) is 1. The van der Waals surface area contributed by atoms with Gasteiger partial charge in [0.1, 0.15) is 5.15 Å². The quantitative estimate of drug-likeness (QED) is 0.457. The molecule has 0 aliphatic rings. The van der Waals surface area contributed by atoms with E-state index in [4.69, 9.17) is 18.0 Å². The highest BCUT2D eigenvalue weighted by Gasteiger charge is 1.98. The van der Waals surface area contributed by atoms with E-state index in [-0.39, 0.29) is 0 Å². The van der Waals surface area contributed by atoms with Crippen LogP contribution in [0.25, 0.3) is 10.8 Å². The SMILES string of the molecule is C#Cc1cccc2cc(Cl)ncc12. The molecule has 2 heteroatoms. The van der Waals surface area contributed by atoms with Gasteiger partial charge in [-0.05, 0) is 17.5 Å². The minimum Gasteiger partial charge on any atom is -0.244 e. The molecule has 0 amide bonds. The molecule has 62 valence electrons. The summed E-state index contributed by atoms with van der Waals surface area (Å²) in [5, 5.41) is 2.48. The zero-order valence-electron chi connectivity index (χ0n) is 6.79. The highest BCUT2D eigenvalue weighted by atomic mass is 35.5. The average molecular weight is 188 g/mol. The van der Waals surface area contributed by atoms with Crippen molar-refractivity contribution in [2.24, 2.45) is 0 Å². The van der Waals surface area contributed by atoms with Crippen LogP contribution < -0.4 is 0 Å². The Morgan fingerprint density at radius 3 is 3.00 bits per heavy atom. The van der Waals surface area contributed by atoms with Crippen molar-refractivity contribution in [3.05, 3.63) is 41.2 Å². The second kappa shape index (κ2) is 3.08. The molecule has 0 aliphatic heterocycles. The smallest absolute Gasteiger partial charge is 0.129 e. The van der Waals surface area contributed by atoms with Gasteiger partial charge >= 0.3 is 0 Å². The zero-order valence-corrected chi connectivity index (χ0v) is 7.55. The topological polar surface area (TPSA) is 12.9 Å². The van der Waals surface area contributed by atoms with E-state index in [1.54, 1.807) is 12.3 Å². The summed E-state index contributed by atoms with van der Waals surface area (Å²) >= 11 is 5.75. The van der Waals surface area contributed by atoms with E-state index >= 15 is 0 Å². The lowest BCUT2D eigenvalue weighted by Gasteiger charge is -1.99. The maximum absolute atomic E-state index is 5.75. The summed E-state index contributed by atoms with van der Waals surface area (Å²) in [5.41, 5.74) is 0.849. The molecule has 1 nitrogen and oxygen atoms in total. The normalized spacial score (nSPS) is 9.85. The Hall–Kier alpha value is -1.52. The van der Waals surface area contributed by atoms with Gasteiger partial charge < -0.3 is 0 Å². The van der Waals surface area contributed by atoms with Crippen molar-refractivity contribution in [2.75, 3.05) is 0 Å². The second-order valence-corrected chi connectivity index (χ2v) is 3.07. The maximum Gasteiger partial charge on any atom is 0.129 e. The lowest BCUT2D eigenvalue weighted by atomic mass is 10.1. The van der Waals surface area contributed by atoms with Gasteiger partial charge in [-0.2, -0.15) is 0 Å². The van der Waals surface area contributed by atoms with Crippen molar-refractivity contribution >= 4 is 22.4 Å². The lowest BCUT2D eigenvalue weighted by Crippen LogP contribution is -1.81. The first-order valence-corrected chi connectivity index (χ1v) is 4.20. The second-order valence-electron chi connectivity index (χ2n) is 2.68. The highest BCUT2D eigenvalue weighted by molar-refractivity contribution is 6.30. The third kappa shape index (κ3) is 1.37. The number of benzene rings is 1. The molecule has 0 atom stereocenters. The van der Waals surface area contributed by atoms with Crippen molar-refractivity contribution < 1.29 is 0 Å². The van der Waals surface area contributed by atoms with E-state index in [0.29, 0.717) is 5.15 Å². The minimum atomic E-state index is 0.488. The van der Waals surface area contributed by atoms with Crippen LogP contribution in [0.4, 0.5) is 0 Å². The molecule has 0 aliphatic carbocycles. The van der Waals surface area contributed by atoms with Gasteiger partial charge in [-0.15, -0.1) is 6.42 Å². The first-order chi connectivity index (χ1) is 6.31. The van der Waals surface area contributed by atoms with Crippen molar-refractivity contribution in [2.45, 2.75) is 0 Å². The maximum atomic E-state index is 5.75. The standard InChI is InChI=1S/C11H6ClN/c1-2-8-4-3-5-9-6-11(12)13-7-10(8)9/h1,3-7H. The summed E-state index contributed by atoms with van der Waals surface area (Å²) < 4.78 is 0. The van der Waals surface area contributed by atoms with Gasteiger partial charge in [0, 0.05) is 17.1 Å². The molecule has 1 heterocycles. The molecule has 0 fully saturated rings. The first-order valence-electron chi connectivity index (χ1n) is 3.82. The van der Waals surface area contributed by atoms with Gasteiger partial charge in [-0.3, -0.25) is 0 Å². The monoisotopic (exact) mass is 187 g/mol. The van der Waals surface area contributed by atoms with Gasteiger partial charge in [0.05, 0.1) is 0 Å². The molecule has 0 saturated carbocycles. The van der Waals surface area contributed by atoms with Crippen molar-refractivity contribution in [1.82, 2.24) is 4.98 Å². The van der Waals surface area contributed by atoms with E-state index in [0.717, 1.165) is 16.3 Å². The summed E-state index contributed by atoms with van der Waals surface area (Å²) in [6, 6.07) is 7.56. The van der Waals surface area contributed by atoms with Crippen LogP contribution in [0.1, 0.15) is 5.56 Å². The van der Waals surface area contributed by atoms with Crippen LogP contribution in [0.2, 0.25) is 5.15 Å². The van der Waals surface area contributed by atoms with Crippen LogP contribution in [-0.4, -0.2) is 4.98 Å². The number of halogens is 1. The van der Waals surface area contributed by atoms with Crippen molar-refractivity contribution in [3.8, 4) is 12.3 Å². The number of aromatic nitrogens is 1. The van der Waals surface area contributed by atoms with Crippen LogP contribution in [-0.2, 0) is 0 Å². The predicted molar refractivity (Wildman–Crippen MR) is 54.7 cm³/mol. The largest absolute Gasteiger partial charge is 0.244 e. The van der Waals surface area contributed by atoms with Crippen molar-refractivity contribution in [1.29, 1.82) is 0 Å². The zero-order chi connectivity index (χ0) is 9.26. The molecule has 0 spiro atoms. The van der Waals surface area contributed by atoms with E-state index in [9.17, 15) is 0 Å². The van der Waals surface area contributed by atoms with Crippen LogP contribution in [0, 0.1) is 12.3 Å². The van der Waals surface area contributed by atoms with Crippen LogP contribution in [0.5, 0.6) is 0 Å². The number of hydrogen-bond donors (Lipinski definition) is 0. The molecule has 0 bridgehead atoms. The van der Waals surface area contributed by atoms with Crippen LogP contribution in [0.3, 0.4) is 0 Å². The number of terminal acetylenes is 1. The molecular weight excluding hydrogens is 182 g/mol. The molecule has 1 aromatic carbocycles. The Labute approximate surface area is 81.4 Å². The van der Waals surface area contributed by atoms with E-state index in [2.05, 4.69) is 10.9 Å². The third-order valence-corrected chi connectivity index (χ3v) is 2.09. The van der Waals surface area contributed by atoms with Gasteiger partial charge in [0.25, 0.3) is 0 Å². The number of hydrogen-bond acceptors (Lipinski definition) is 1. The Morgan fingerprint density at radius 2 is 2.23 bits per heavy atom. The third-order valence-electron chi connectivity index (χ3n) is 1.89. The Morgan fingerprint density at radius 1 is 1.38 bits per heavy atom. The average Bonchev–Trinajstić information content (AvgIpc) is 2.16. The van der Waals surface area contributed by atoms with Gasteiger partial charge in [-0.25, -0.2) is 4.98 Å². The van der Waals surface area contributed by atoms with Crippen molar-refractivity contribution in [3.63, 3.8) is 0 Å². The number of rotatable bonds is 0. The van der Waals surface area contributed by atoms with Crippen LogP contribution >= 0.6 is 11.6 Å². The molecule has 13 heavy (non-hydrogen) atoms. The Bertz CT molecular complexity index is 497. The van der Waals surface area contributed by atoms with Gasteiger partial charge in [-0.1, -0.05) is 29.7 Å². The fourth-order valence-corrected chi connectivity index (χ4v) is 1.44. The molecule has 0 N–H and O–H groups in total. The fourth-order valence-electron chi connectivity index (χ4n) is 1.27. The highest BCUT2D eigenvalue weighted by Crippen LogP contribution is 2.19. The van der Waals surface area contributed by atoms with Gasteiger partial charge in [0.2, 0.25) is 0 Å². The minimum absolute atomic E-state index is 0.488. The number of fused-ring (bicyclic) bond motifs is 1.